The SMILES string of the molecule is CC(CC=CC(C)(C)O)C1=CCC2C(=CC=C3CC(O)CC(F)C3=O)CCCC12C. The fraction of sp³-hybridized carbons (Fsp3) is 0.654. The van der Waals surface area contributed by atoms with Gasteiger partial charge in [-0.2, -0.15) is 0 Å². The van der Waals surface area contributed by atoms with Crippen LogP contribution in [0, 0.1) is 17.3 Å². The van der Waals surface area contributed by atoms with Crippen molar-refractivity contribution < 1.29 is 19.4 Å². The molecule has 166 valence electrons. The third-order valence-corrected chi connectivity index (χ3v) is 7.19. The highest BCUT2D eigenvalue weighted by molar-refractivity contribution is 5.99. The molecule has 0 aromatic carbocycles. The van der Waals surface area contributed by atoms with Gasteiger partial charge in [0.2, 0.25) is 0 Å². The minimum Gasteiger partial charge on any atom is -0.393 e. The molecule has 0 aliphatic heterocycles. The van der Waals surface area contributed by atoms with Crippen LogP contribution in [0.3, 0.4) is 0 Å². The lowest BCUT2D eigenvalue weighted by Crippen LogP contribution is -2.32. The van der Waals surface area contributed by atoms with Gasteiger partial charge in [0.15, 0.2) is 12.0 Å². The summed E-state index contributed by atoms with van der Waals surface area (Å²) in [4.78, 5) is 12.1. The second kappa shape index (κ2) is 8.92. The summed E-state index contributed by atoms with van der Waals surface area (Å²) in [6.07, 6.45) is 13.2. The van der Waals surface area contributed by atoms with Crippen molar-refractivity contribution in [2.75, 3.05) is 0 Å². The number of allylic oxidation sites excluding steroid dienone is 6. The smallest absolute Gasteiger partial charge is 0.193 e. The summed E-state index contributed by atoms with van der Waals surface area (Å²) in [7, 11) is 0. The quantitative estimate of drug-likeness (QED) is 0.467. The Morgan fingerprint density at radius 2 is 2.10 bits per heavy atom. The minimum absolute atomic E-state index is 0.0828. The van der Waals surface area contributed by atoms with E-state index in [0.29, 0.717) is 17.4 Å². The van der Waals surface area contributed by atoms with E-state index in [1.165, 1.54) is 11.1 Å². The summed E-state index contributed by atoms with van der Waals surface area (Å²) in [5.74, 6) is 0.371. The van der Waals surface area contributed by atoms with Gasteiger partial charge in [0.05, 0.1) is 11.7 Å². The van der Waals surface area contributed by atoms with Crippen molar-refractivity contribution in [1.82, 2.24) is 0 Å². The number of rotatable bonds is 5. The standard InChI is InChI=1S/C26H37FO3/c1-17(7-5-13-25(2,3)30)21-11-12-22-18(8-6-14-26(21,22)4)9-10-19-15-20(28)16-23(27)24(19)29/h5,9-11,13,17,20,22-23,28,30H,6-8,12,14-16H2,1-4H3. The van der Waals surface area contributed by atoms with Crippen LogP contribution in [0.2, 0.25) is 0 Å². The van der Waals surface area contributed by atoms with Crippen LogP contribution < -0.4 is 0 Å². The van der Waals surface area contributed by atoms with E-state index in [2.05, 4.69) is 26.0 Å². The molecule has 4 heteroatoms. The van der Waals surface area contributed by atoms with Crippen molar-refractivity contribution in [3.05, 3.63) is 47.1 Å². The van der Waals surface area contributed by atoms with Crippen LogP contribution in [-0.2, 0) is 4.79 Å². The zero-order valence-corrected chi connectivity index (χ0v) is 18.8. The third kappa shape index (κ3) is 5.03. The van der Waals surface area contributed by atoms with Crippen LogP contribution in [0.25, 0.3) is 0 Å². The van der Waals surface area contributed by atoms with Crippen LogP contribution in [-0.4, -0.2) is 33.9 Å². The number of halogens is 1. The van der Waals surface area contributed by atoms with Gasteiger partial charge in [-0.05, 0) is 63.2 Å². The molecule has 3 rings (SSSR count). The minimum atomic E-state index is -1.58. The Balaban J connectivity index is 1.75. The largest absolute Gasteiger partial charge is 0.393 e. The Morgan fingerprint density at radius 1 is 1.37 bits per heavy atom. The van der Waals surface area contributed by atoms with E-state index in [-0.39, 0.29) is 18.3 Å². The van der Waals surface area contributed by atoms with Crippen LogP contribution >= 0.6 is 0 Å². The van der Waals surface area contributed by atoms with Gasteiger partial charge in [-0.3, -0.25) is 4.79 Å². The molecule has 0 amide bonds. The number of carbonyl (C=O) groups is 1. The molecular formula is C26H37FO3. The van der Waals surface area contributed by atoms with Gasteiger partial charge < -0.3 is 10.2 Å². The second-order valence-corrected chi connectivity index (χ2v) is 10.3. The lowest BCUT2D eigenvalue weighted by molar-refractivity contribution is -0.123. The van der Waals surface area contributed by atoms with E-state index in [4.69, 9.17) is 0 Å². The van der Waals surface area contributed by atoms with E-state index in [1.54, 1.807) is 19.9 Å². The molecule has 0 saturated heterocycles. The molecule has 30 heavy (non-hydrogen) atoms. The number of hydrogen-bond acceptors (Lipinski definition) is 3. The lowest BCUT2D eigenvalue weighted by atomic mass is 9.62. The molecule has 0 bridgehead atoms. The summed E-state index contributed by atoms with van der Waals surface area (Å²) in [5.41, 5.74) is 2.58. The fourth-order valence-corrected chi connectivity index (χ4v) is 5.65. The molecule has 0 spiro atoms. The third-order valence-electron chi connectivity index (χ3n) is 7.19. The first-order chi connectivity index (χ1) is 14.0. The molecule has 5 unspecified atom stereocenters. The van der Waals surface area contributed by atoms with Crippen molar-refractivity contribution in [1.29, 1.82) is 0 Å². The van der Waals surface area contributed by atoms with Crippen LogP contribution in [0.15, 0.2) is 47.1 Å². The number of aliphatic hydroxyl groups is 2. The fourth-order valence-electron chi connectivity index (χ4n) is 5.65. The highest BCUT2D eigenvalue weighted by atomic mass is 19.1. The highest BCUT2D eigenvalue weighted by Crippen LogP contribution is 2.56. The Labute approximate surface area is 180 Å². The molecule has 2 fully saturated rings. The summed E-state index contributed by atoms with van der Waals surface area (Å²) >= 11 is 0. The molecular weight excluding hydrogens is 379 g/mol. The maximum Gasteiger partial charge on any atom is 0.193 e. The number of carbonyl (C=O) groups excluding carboxylic acids is 1. The molecule has 0 aromatic heterocycles. The van der Waals surface area contributed by atoms with E-state index in [0.717, 1.165) is 32.1 Å². The average molecular weight is 417 g/mol. The van der Waals surface area contributed by atoms with Gasteiger partial charge in [-0.25, -0.2) is 4.39 Å². The van der Waals surface area contributed by atoms with Gasteiger partial charge in [0, 0.05) is 18.4 Å². The summed E-state index contributed by atoms with van der Waals surface area (Å²) < 4.78 is 13.8. The molecule has 3 nitrogen and oxygen atoms in total. The van der Waals surface area contributed by atoms with Gasteiger partial charge in [-0.15, -0.1) is 0 Å². The van der Waals surface area contributed by atoms with Crippen molar-refractivity contribution in [2.45, 2.75) is 90.5 Å². The predicted molar refractivity (Wildman–Crippen MR) is 119 cm³/mol. The molecule has 0 heterocycles. The van der Waals surface area contributed by atoms with E-state index < -0.39 is 23.7 Å². The average Bonchev–Trinajstić information content (AvgIpc) is 3.00. The molecule has 2 saturated carbocycles. The van der Waals surface area contributed by atoms with Gasteiger partial charge in [0.1, 0.15) is 0 Å². The molecule has 3 aliphatic carbocycles. The van der Waals surface area contributed by atoms with Gasteiger partial charge >= 0.3 is 0 Å². The van der Waals surface area contributed by atoms with Crippen molar-refractivity contribution in [2.24, 2.45) is 17.3 Å². The van der Waals surface area contributed by atoms with Crippen LogP contribution in [0.4, 0.5) is 4.39 Å². The first kappa shape index (κ1) is 23.1. The maximum absolute atomic E-state index is 13.8. The maximum atomic E-state index is 13.8. The number of ketones is 1. The molecule has 0 aromatic rings. The molecule has 2 N–H and O–H groups in total. The van der Waals surface area contributed by atoms with Crippen LogP contribution in [0.5, 0.6) is 0 Å². The van der Waals surface area contributed by atoms with Crippen LogP contribution in [0.1, 0.15) is 72.6 Å². The molecule has 3 aliphatic rings. The topological polar surface area (TPSA) is 57.5 Å². The first-order valence-electron chi connectivity index (χ1n) is 11.4. The summed E-state index contributed by atoms with van der Waals surface area (Å²) in [6.45, 7) is 8.19. The normalized spacial score (nSPS) is 36.4. The number of hydrogen-bond donors (Lipinski definition) is 2. The van der Waals surface area contributed by atoms with Crippen molar-refractivity contribution >= 4 is 5.78 Å². The van der Waals surface area contributed by atoms with Gasteiger partial charge in [0.25, 0.3) is 0 Å². The zero-order valence-electron chi connectivity index (χ0n) is 18.8. The lowest BCUT2D eigenvalue weighted by Gasteiger charge is -2.42. The molecule has 5 atom stereocenters. The van der Waals surface area contributed by atoms with Crippen molar-refractivity contribution in [3.8, 4) is 0 Å². The first-order valence-corrected chi connectivity index (χ1v) is 11.4. The Hall–Kier alpha value is -1.52. The second-order valence-electron chi connectivity index (χ2n) is 10.3. The van der Waals surface area contributed by atoms with E-state index in [9.17, 15) is 19.4 Å². The monoisotopic (exact) mass is 416 g/mol. The number of aliphatic hydroxyl groups excluding tert-OH is 1. The van der Waals surface area contributed by atoms with Crippen molar-refractivity contribution in [3.63, 3.8) is 0 Å². The van der Waals surface area contributed by atoms with Gasteiger partial charge in [-0.1, -0.05) is 55.4 Å². The number of Topliss-reactive ketones (excluding diaryl/α,β-unsaturated/α-hetero) is 1. The summed E-state index contributed by atoms with van der Waals surface area (Å²) in [5, 5.41) is 19.7. The summed E-state index contributed by atoms with van der Waals surface area (Å²) in [6, 6.07) is 0. The Kier molecular flexibility index (Phi) is 6.88. The Bertz CT molecular complexity index is 783. The zero-order chi connectivity index (χ0) is 22.1. The number of alkyl halides is 1. The molecule has 0 radical (unpaired) electrons. The number of fused-ring (bicyclic) bond motifs is 1. The van der Waals surface area contributed by atoms with E-state index in [1.807, 2.05) is 12.2 Å². The predicted octanol–water partition coefficient (Wildman–Crippen LogP) is 5.39. The highest BCUT2D eigenvalue weighted by Gasteiger charge is 2.45. The van der Waals surface area contributed by atoms with E-state index >= 15 is 0 Å². The Morgan fingerprint density at radius 3 is 2.80 bits per heavy atom.